The highest BCUT2D eigenvalue weighted by molar-refractivity contribution is 6.04. The smallest absolute Gasteiger partial charge is 0.313 e. The summed E-state index contributed by atoms with van der Waals surface area (Å²) in [7, 11) is 0. The van der Waals surface area contributed by atoms with Crippen LogP contribution in [0.15, 0.2) is 30.5 Å². The standard InChI is InChI=1S/C19H25N3O3/c1-12-15(11-20-22(12)18(2,3)4)16(23)21-14-9-7-13(8-10-14)19(5,6)17(24)25/h7-11H,1-6H3,(H,21,23)(H,24,25). The number of carboxylic acid groups (broad SMARTS) is 1. The molecule has 0 spiro atoms. The molecule has 1 aromatic heterocycles. The van der Waals surface area contributed by atoms with Crippen LogP contribution in [0.1, 0.15) is 56.2 Å². The maximum Gasteiger partial charge on any atom is 0.313 e. The minimum Gasteiger partial charge on any atom is -0.481 e. The van der Waals surface area contributed by atoms with Gasteiger partial charge in [0.25, 0.3) is 5.91 Å². The summed E-state index contributed by atoms with van der Waals surface area (Å²) in [5.74, 6) is -1.13. The van der Waals surface area contributed by atoms with Gasteiger partial charge in [0.15, 0.2) is 0 Å². The molecule has 0 radical (unpaired) electrons. The average molecular weight is 343 g/mol. The first-order valence-corrected chi connectivity index (χ1v) is 8.15. The van der Waals surface area contributed by atoms with Crippen molar-refractivity contribution in [1.29, 1.82) is 0 Å². The van der Waals surface area contributed by atoms with Crippen LogP contribution in [0.2, 0.25) is 0 Å². The minimum absolute atomic E-state index is 0.202. The molecule has 1 heterocycles. The SMILES string of the molecule is Cc1c(C(=O)Nc2ccc(C(C)(C)C(=O)O)cc2)cnn1C(C)(C)C. The van der Waals surface area contributed by atoms with Crippen LogP contribution in [0.3, 0.4) is 0 Å². The number of nitrogens with zero attached hydrogens (tertiary/aromatic N) is 2. The number of carboxylic acids is 1. The molecule has 0 fully saturated rings. The molecule has 6 heteroatoms. The van der Waals surface area contributed by atoms with Crippen molar-refractivity contribution >= 4 is 17.6 Å². The van der Waals surface area contributed by atoms with Gasteiger partial charge in [0.1, 0.15) is 0 Å². The largest absolute Gasteiger partial charge is 0.481 e. The number of hydrogen-bond donors (Lipinski definition) is 2. The molecular weight excluding hydrogens is 318 g/mol. The van der Waals surface area contributed by atoms with Gasteiger partial charge in [-0.1, -0.05) is 12.1 Å². The van der Waals surface area contributed by atoms with Gasteiger partial charge in [0.05, 0.1) is 22.7 Å². The lowest BCUT2D eigenvalue weighted by atomic mass is 9.85. The summed E-state index contributed by atoms with van der Waals surface area (Å²) >= 11 is 0. The van der Waals surface area contributed by atoms with E-state index in [2.05, 4.69) is 10.4 Å². The van der Waals surface area contributed by atoms with Gasteiger partial charge < -0.3 is 10.4 Å². The van der Waals surface area contributed by atoms with Crippen LogP contribution >= 0.6 is 0 Å². The van der Waals surface area contributed by atoms with Gasteiger partial charge in [-0.2, -0.15) is 5.10 Å². The van der Waals surface area contributed by atoms with E-state index in [0.717, 1.165) is 5.69 Å². The fourth-order valence-corrected chi connectivity index (χ4v) is 2.60. The van der Waals surface area contributed by atoms with Crippen molar-refractivity contribution in [2.24, 2.45) is 0 Å². The lowest BCUT2D eigenvalue weighted by molar-refractivity contribution is -0.142. The molecule has 2 aromatic rings. The fraction of sp³-hybridized carbons (Fsp3) is 0.421. The van der Waals surface area contributed by atoms with E-state index in [9.17, 15) is 14.7 Å². The topological polar surface area (TPSA) is 84.2 Å². The number of aliphatic carboxylic acids is 1. The number of nitrogens with one attached hydrogen (secondary N) is 1. The highest BCUT2D eigenvalue weighted by atomic mass is 16.4. The zero-order valence-corrected chi connectivity index (χ0v) is 15.5. The predicted molar refractivity (Wildman–Crippen MR) is 97.0 cm³/mol. The third-order valence-electron chi connectivity index (χ3n) is 4.29. The number of anilines is 1. The Labute approximate surface area is 147 Å². The second-order valence-corrected chi connectivity index (χ2v) is 7.69. The summed E-state index contributed by atoms with van der Waals surface area (Å²) in [6, 6.07) is 6.85. The lowest BCUT2D eigenvalue weighted by Crippen LogP contribution is -2.28. The third kappa shape index (κ3) is 3.73. The Morgan fingerprint density at radius 3 is 2.08 bits per heavy atom. The van der Waals surface area contributed by atoms with E-state index in [0.29, 0.717) is 16.8 Å². The van der Waals surface area contributed by atoms with Gasteiger partial charge in [0.2, 0.25) is 0 Å². The van der Waals surface area contributed by atoms with Crippen molar-refractivity contribution in [2.45, 2.75) is 52.5 Å². The monoisotopic (exact) mass is 343 g/mol. The Bertz CT molecular complexity index is 796. The Kier molecular flexibility index (Phi) is 4.75. The van der Waals surface area contributed by atoms with E-state index >= 15 is 0 Å². The number of aromatic nitrogens is 2. The molecule has 0 unspecified atom stereocenters. The van der Waals surface area contributed by atoms with Crippen molar-refractivity contribution in [3.8, 4) is 0 Å². The maximum atomic E-state index is 12.5. The first kappa shape index (κ1) is 18.7. The fourth-order valence-electron chi connectivity index (χ4n) is 2.60. The number of amides is 1. The molecule has 2 rings (SSSR count). The number of rotatable bonds is 4. The number of carbonyl (C=O) groups excluding carboxylic acids is 1. The van der Waals surface area contributed by atoms with E-state index in [1.54, 1.807) is 44.3 Å². The Hall–Kier alpha value is -2.63. The average Bonchev–Trinajstić information content (AvgIpc) is 2.89. The summed E-state index contributed by atoms with van der Waals surface area (Å²) in [4.78, 5) is 23.8. The summed E-state index contributed by atoms with van der Waals surface area (Å²) in [5.41, 5.74) is 1.42. The number of benzene rings is 1. The van der Waals surface area contributed by atoms with Crippen LogP contribution in [-0.2, 0) is 15.7 Å². The molecule has 1 aromatic carbocycles. The van der Waals surface area contributed by atoms with Crippen LogP contribution in [-0.4, -0.2) is 26.8 Å². The zero-order valence-electron chi connectivity index (χ0n) is 15.5. The second-order valence-electron chi connectivity index (χ2n) is 7.69. The molecule has 6 nitrogen and oxygen atoms in total. The van der Waals surface area contributed by atoms with Crippen LogP contribution in [0.5, 0.6) is 0 Å². The summed E-state index contributed by atoms with van der Waals surface area (Å²) in [6.07, 6.45) is 1.57. The van der Waals surface area contributed by atoms with Gasteiger partial charge in [-0.15, -0.1) is 0 Å². The van der Waals surface area contributed by atoms with Gasteiger partial charge in [-0.3, -0.25) is 14.3 Å². The molecule has 2 N–H and O–H groups in total. The molecule has 134 valence electrons. The minimum atomic E-state index is -0.979. The Balaban J connectivity index is 2.20. The highest BCUT2D eigenvalue weighted by Gasteiger charge is 2.29. The van der Waals surface area contributed by atoms with Crippen LogP contribution < -0.4 is 5.32 Å². The van der Waals surface area contributed by atoms with Crippen molar-refractivity contribution < 1.29 is 14.7 Å². The lowest BCUT2D eigenvalue weighted by Gasteiger charge is -2.21. The second kappa shape index (κ2) is 6.35. The molecule has 0 aliphatic heterocycles. The zero-order chi connectivity index (χ0) is 19.0. The molecule has 0 atom stereocenters. The van der Waals surface area contributed by atoms with Gasteiger partial charge in [-0.25, -0.2) is 0 Å². The van der Waals surface area contributed by atoms with Crippen LogP contribution in [0.25, 0.3) is 0 Å². The molecule has 25 heavy (non-hydrogen) atoms. The molecule has 0 saturated heterocycles. The van der Waals surface area contributed by atoms with Crippen molar-refractivity contribution in [1.82, 2.24) is 9.78 Å². The van der Waals surface area contributed by atoms with E-state index in [1.165, 1.54) is 0 Å². The van der Waals surface area contributed by atoms with Crippen molar-refractivity contribution in [3.05, 3.63) is 47.3 Å². The van der Waals surface area contributed by atoms with Crippen LogP contribution in [0, 0.1) is 6.92 Å². The molecule has 0 aliphatic rings. The highest BCUT2D eigenvalue weighted by Crippen LogP contribution is 2.25. The molecule has 0 saturated carbocycles. The quantitative estimate of drug-likeness (QED) is 0.889. The predicted octanol–water partition coefficient (Wildman–Crippen LogP) is 3.56. The number of carbonyl (C=O) groups is 2. The van der Waals surface area contributed by atoms with E-state index < -0.39 is 11.4 Å². The van der Waals surface area contributed by atoms with Crippen LogP contribution in [0.4, 0.5) is 5.69 Å². The summed E-state index contributed by atoms with van der Waals surface area (Å²) in [5, 5.41) is 16.4. The summed E-state index contributed by atoms with van der Waals surface area (Å²) in [6.45, 7) is 11.2. The van der Waals surface area contributed by atoms with E-state index in [-0.39, 0.29) is 11.4 Å². The van der Waals surface area contributed by atoms with E-state index in [1.807, 2.05) is 32.4 Å². The number of hydrogen-bond acceptors (Lipinski definition) is 3. The molecule has 0 bridgehead atoms. The first-order chi connectivity index (χ1) is 11.4. The Morgan fingerprint density at radius 2 is 1.64 bits per heavy atom. The Morgan fingerprint density at radius 1 is 1.08 bits per heavy atom. The van der Waals surface area contributed by atoms with Gasteiger partial charge in [-0.05, 0) is 59.2 Å². The summed E-state index contributed by atoms with van der Waals surface area (Å²) < 4.78 is 1.82. The molecular formula is C19H25N3O3. The van der Waals surface area contributed by atoms with Gasteiger partial charge >= 0.3 is 5.97 Å². The van der Waals surface area contributed by atoms with E-state index in [4.69, 9.17) is 0 Å². The normalized spacial score (nSPS) is 12.1. The third-order valence-corrected chi connectivity index (χ3v) is 4.29. The molecule has 1 amide bonds. The van der Waals surface area contributed by atoms with Gasteiger partial charge in [0, 0.05) is 11.4 Å². The molecule has 0 aliphatic carbocycles. The first-order valence-electron chi connectivity index (χ1n) is 8.15. The van der Waals surface area contributed by atoms with Crippen molar-refractivity contribution in [3.63, 3.8) is 0 Å². The maximum absolute atomic E-state index is 12.5. The van der Waals surface area contributed by atoms with Crippen molar-refractivity contribution in [2.75, 3.05) is 5.32 Å².